The number of nitrogens with zero attached hydrogens (tertiary/aromatic N) is 3. The summed E-state index contributed by atoms with van der Waals surface area (Å²) >= 11 is 3.42. The Bertz CT molecular complexity index is 1020. The lowest BCUT2D eigenvalue weighted by Gasteiger charge is -2.28. The van der Waals surface area contributed by atoms with Gasteiger partial charge in [-0.15, -0.1) is 0 Å². The van der Waals surface area contributed by atoms with Crippen molar-refractivity contribution in [2.75, 3.05) is 13.1 Å². The van der Waals surface area contributed by atoms with Crippen LogP contribution in [0.15, 0.2) is 77.4 Å². The Morgan fingerprint density at radius 3 is 2.35 bits per heavy atom. The molecule has 0 N–H and O–H groups in total. The highest BCUT2D eigenvalue weighted by atomic mass is 79.9. The number of amides is 2. The number of halogens is 1. The van der Waals surface area contributed by atoms with Crippen LogP contribution in [0.4, 0.5) is 0 Å². The third-order valence-electron chi connectivity index (χ3n) is 5.15. The van der Waals surface area contributed by atoms with Gasteiger partial charge in [-0.1, -0.05) is 59.3 Å². The number of aromatic nitrogens is 1. The van der Waals surface area contributed by atoms with Crippen molar-refractivity contribution in [2.24, 2.45) is 7.05 Å². The van der Waals surface area contributed by atoms with Gasteiger partial charge in [-0.25, -0.2) is 0 Å². The monoisotopic (exact) mass is 481 g/mol. The maximum absolute atomic E-state index is 13.4. The third kappa shape index (κ3) is 6.31. The SMILES string of the molecule is CCCN(CC(=O)N(Cc1ccccc1)Cc1cccn1C)C(=O)c1cccc(Br)c1. The molecule has 0 aliphatic carbocycles. The maximum atomic E-state index is 13.4. The highest BCUT2D eigenvalue weighted by Crippen LogP contribution is 2.16. The van der Waals surface area contributed by atoms with E-state index in [1.54, 1.807) is 17.0 Å². The van der Waals surface area contributed by atoms with Crippen molar-refractivity contribution in [3.63, 3.8) is 0 Å². The Labute approximate surface area is 192 Å². The molecule has 0 unspecified atom stereocenters. The third-order valence-corrected chi connectivity index (χ3v) is 5.64. The van der Waals surface area contributed by atoms with Gasteiger partial charge in [0.25, 0.3) is 5.91 Å². The van der Waals surface area contributed by atoms with E-state index in [2.05, 4.69) is 15.9 Å². The molecule has 6 heteroatoms. The van der Waals surface area contributed by atoms with Crippen LogP contribution in [0.25, 0.3) is 0 Å². The van der Waals surface area contributed by atoms with E-state index < -0.39 is 0 Å². The van der Waals surface area contributed by atoms with Crippen LogP contribution in [-0.2, 0) is 24.9 Å². The first-order chi connectivity index (χ1) is 15.0. The standard InChI is InChI=1S/C25H28BrN3O2/c1-3-14-28(25(31)21-11-7-12-22(26)16-21)19-24(30)29(17-20-9-5-4-6-10-20)18-23-13-8-15-27(23)2/h4-13,15-16H,3,14,17-19H2,1-2H3. The van der Waals surface area contributed by atoms with Gasteiger partial charge in [-0.05, 0) is 42.3 Å². The van der Waals surface area contributed by atoms with Gasteiger partial charge in [0.2, 0.25) is 5.91 Å². The van der Waals surface area contributed by atoms with Crippen molar-refractivity contribution >= 4 is 27.7 Å². The number of rotatable bonds is 9. The Hall–Kier alpha value is -2.86. The zero-order chi connectivity index (χ0) is 22.2. The number of aryl methyl sites for hydroxylation is 1. The molecule has 0 bridgehead atoms. The molecule has 5 nitrogen and oxygen atoms in total. The van der Waals surface area contributed by atoms with Gasteiger partial charge >= 0.3 is 0 Å². The molecule has 0 radical (unpaired) electrons. The average molecular weight is 482 g/mol. The Morgan fingerprint density at radius 2 is 1.71 bits per heavy atom. The van der Waals surface area contributed by atoms with Crippen molar-refractivity contribution in [1.82, 2.24) is 14.4 Å². The number of carbonyl (C=O) groups excluding carboxylic acids is 2. The molecule has 0 aliphatic rings. The van der Waals surface area contributed by atoms with Crippen LogP contribution in [0.5, 0.6) is 0 Å². The molecule has 0 saturated carbocycles. The predicted octanol–water partition coefficient (Wildman–Crippen LogP) is 4.87. The molecule has 1 heterocycles. The summed E-state index contributed by atoms with van der Waals surface area (Å²) in [4.78, 5) is 30.0. The van der Waals surface area contributed by atoms with Crippen LogP contribution in [0.2, 0.25) is 0 Å². The van der Waals surface area contributed by atoms with E-state index in [4.69, 9.17) is 0 Å². The molecule has 0 aliphatic heterocycles. The first kappa shape index (κ1) is 22.8. The summed E-state index contributed by atoms with van der Waals surface area (Å²) in [7, 11) is 1.97. The quantitative estimate of drug-likeness (QED) is 0.437. The smallest absolute Gasteiger partial charge is 0.254 e. The van der Waals surface area contributed by atoms with E-state index >= 15 is 0 Å². The number of carbonyl (C=O) groups is 2. The van der Waals surface area contributed by atoms with Crippen LogP contribution in [0.3, 0.4) is 0 Å². The van der Waals surface area contributed by atoms with Crippen molar-refractivity contribution in [3.8, 4) is 0 Å². The number of hydrogen-bond donors (Lipinski definition) is 0. The van der Waals surface area contributed by atoms with Gasteiger partial charge < -0.3 is 14.4 Å². The lowest BCUT2D eigenvalue weighted by atomic mass is 10.2. The summed E-state index contributed by atoms with van der Waals surface area (Å²) in [6, 6.07) is 21.2. The van der Waals surface area contributed by atoms with Crippen molar-refractivity contribution < 1.29 is 9.59 Å². The highest BCUT2D eigenvalue weighted by Gasteiger charge is 2.23. The van der Waals surface area contributed by atoms with Crippen molar-refractivity contribution in [3.05, 3.63) is 94.2 Å². The number of hydrogen-bond acceptors (Lipinski definition) is 2. The molecule has 0 atom stereocenters. The van der Waals surface area contributed by atoms with Gasteiger partial charge in [0.15, 0.2) is 0 Å². The second kappa shape index (κ2) is 11.0. The summed E-state index contributed by atoms with van der Waals surface area (Å²) in [5.74, 6) is -0.197. The number of benzene rings is 2. The molecule has 0 fully saturated rings. The Morgan fingerprint density at radius 1 is 0.935 bits per heavy atom. The van der Waals surface area contributed by atoms with E-state index in [9.17, 15) is 9.59 Å². The topological polar surface area (TPSA) is 45.6 Å². The summed E-state index contributed by atoms with van der Waals surface area (Å²) in [5.41, 5.74) is 2.68. The summed E-state index contributed by atoms with van der Waals surface area (Å²) in [6.45, 7) is 3.58. The molecule has 0 spiro atoms. The molecule has 0 saturated heterocycles. The van der Waals surface area contributed by atoms with Crippen LogP contribution >= 0.6 is 15.9 Å². The lowest BCUT2D eigenvalue weighted by Crippen LogP contribution is -2.43. The van der Waals surface area contributed by atoms with E-state index in [0.29, 0.717) is 25.2 Å². The van der Waals surface area contributed by atoms with E-state index in [-0.39, 0.29) is 18.4 Å². The van der Waals surface area contributed by atoms with Crippen LogP contribution in [0, 0.1) is 0 Å². The fourth-order valence-corrected chi connectivity index (χ4v) is 3.88. The van der Waals surface area contributed by atoms with E-state index in [1.165, 1.54) is 0 Å². The first-order valence-electron chi connectivity index (χ1n) is 10.4. The van der Waals surface area contributed by atoms with Crippen molar-refractivity contribution in [1.29, 1.82) is 0 Å². The molecular weight excluding hydrogens is 454 g/mol. The van der Waals surface area contributed by atoms with Crippen LogP contribution in [0.1, 0.15) is 35.0 Å². The second-order valence-electron chi connectivity index (χ2n) is 7.58. The zero-order valence-corrected chi connectivity index (χ0v) is 19.6. The molecule has 162 valence electrons. The fourth-order valence-electron chi connectivity index (χ4n) is 3.48. The van der Waals surface area contributed by atoms with E-state index in [1.807, 2.05) is 84.2 Å². The molecular formula is C25H28BrN3O2. The average Bonchev–Trinajstić information content (AvgIpc) is 3.17. The van der Waals surface area contributed by atoms with Gasteiger partial charge in [0.1, 0.15) is 6.54 Å². The summed E-state index contributed by atoms with van der Waals surface area (Å²) in [6.07, 6.45) is 2.75. The largest absolute Gasteiger partial charge is 0.353 e. The van der Waals surface area contributed by atoms with Gasteiger partial charge in [0.05, 0.1) is 6.54 Å². The van der Waals surface area contributed by atoms with Gasteiger partial charge in [0, 0.05) is 42.1 Å². The summed E-state index contributed by atoms with van der Waals surface area (Å²) in [5, 5.41) is 0. The minimum atomic E-state index is -0.130. The van der Waals surface area contributed by atoms with Crippen LogP contribution < -0.4 is 0 Å². The Balaban J connectivity index is 1.80. The van der Waals surface area contributed by atoms with Gasteiger partial charge in [-0.2, -0.15) is 0 Å². The minimum Gasteiger partial charge on any atom is -0.353 e. The molecule has 2 aromatic carbocycles. The van der Waals surface area contributed by atoms with Gasteiger partial charge in [-0.3, -0.25) is 9.59 Å². The molecule has 3 rings (SSSR count). The van der Waals surface area contributed by atoms with E-state index in [0.717, 1.165) is 22.2 Å². The minimum absolute atomic E-state index is 0.0520. The van der Waals surface area contributed by atoms with Crippen molar-refractivity contribution in [2.45, 2.75) is 26.4 Å². The molecule has 31 heavy (non-hydrogen) atoms. The zero-order valence-electron chi connectivity index (χ0n) is 18.0. The lowest BCUT2D eigenvalue weighted by molar-refractivity contribution is -0.133. The first-order valence-corrected chi connectivity index (χ1v) is 11.2. The predicted molar refractivity (Wildman–Crippen MR) is 126 cm³/mol. The normalized spacial score (nSPS) is 10.7. The maximum Gasteiger partial charge on any atom is 0.254 e. The second-order valence-corrected chi connectivity index (χ2v) is 8.50. The fraction of sp³-hybridized carbons (Fsp3) is 0.280. The molecule has 1 aromatic heterocycles. The molecule has 3 aromatic rings. The highest BCUT2D eigenvalue weighted by molar-refractivity contribution is 9.10. The Kier molecular flexibility index (Phi) is 8.06. The molecule has 2 amide bonds. The van der Waals surface area contributed by atoms with Crippen LogP contribution in [-0.4, -0.2) is 39.3 Å². The summed E-state index contributed by atoms with van der Waals surface area (Å²) < 4.78 is 2.86.